The van der Waals surface area contributed by atoms with Crippen molar-refractivity contribution in [2.45, 2.75) is 39.2 Å². The number of aromatic nitrogens is 1. The van der Waals surface area contributed by atoms with Gasteiger partial charge < -0.3 is 9.26 Å². The number of ether oxygens (including phenoxy) is 1. The number of benzene rings is 2. The summed E-state index contributed by atoms with van der Waals surface area (Å²) in [5, 5.41) is 4.13. The topological polar surface area (TPSA) is 72.6 Å². The average Bonchev–Trinajstić information content (AvgIpc) is 3.04. The van der Waals surface area contributed by atoms with Gasteiger partial charge in [0.25, 0.3) is 10.0 Å². The van der Waals surface area contributed by atoms with Crippen LogP contribution in [0.3, 0.4) is 0 Å². The number of halogens is 2. The first kappa shape index (κ1) is 23.1. The van der Waals surface area contributed by atoms with Crippen molar-refractivity contribution in [1.29, 1.82) is 0 Å². The van der Waals surface area contributed by atoms with Crippen LogP contribution in [0.5, 0.6) is 5.75 Å². The highest BCUT2D eigenvalue weighted by atomic mass is 35.5. The van der Waals surface area contributed by atoms with Crippen LogP contribution in [0.2, 0.25) is 5.02 Å². The van der Waals surface area contributed by atoms with Crippen molar-refractivity contribution in [3.05, 3.63) is 70.3 Å². The molecule has 0 amide bonds. The molecule has 0 saturated heterocycles. The summed E-state index contributed by atoms with van der Waals surface area (Å²) in [5.74, 6) is 0.465. The molecule has 0 aliphatic carbocycles. The fraction of sp³-hybridized carbons (Fsp3) is 0.318. The van der Waals surface area contributed by atoms with Crippen molar-refractivity contribution < 1.29 is 22.1 Å². The minimum absolute atomic E-state index is 0.0252. The van der Waals surface area contributed by atoms with Gasteiger partial charge in [-0.3, -0.25) is 4.31 Å². The Balaban J connectivity index is 1.87. The summed E-state index contributed by atoms with van der Waals surface area (Å²) in [6.07, 6.45) is 0. The Morgan fingerprint density at radius 2 is 1.84 bits per heavy atom. The molecule has 3 aromatic rings. The molecular weight excluding hydrogens is 443 g/mol. The fourth-order valence-electron chi connectivity index (χ4n) is 3.03. The number of hydrogen-bond donors (Lipinski definition) is 0. The van der Waals surface area contributed by atoms with E-state index in [1.54, 1.807) is 19.1 Å². The highest BCUT2D eigenvalue weighted by molar-refractivity contribution is 7.92. The predicted octanol–water partition coefficient (Wildman–Crippen LogP) is 5.51. The molecule has 6 nitrogen and oxygen atoms in total. The highest BCUT2D eigenvalue weighted by Gasteiger charge is 2.28. The summed E-state index contributed by atoms with van der Waals surface area (Å²) in [7, 11) is -4.02. The Labute approximate surface area is 186 Å². The Hall–Kier alpha value is -2.58. The van der Waals surface area contributed by atoms with Gasteiger partial charge in [-0.1, -0.05) is 30.6 Å². The standard InChI is InChI=1S/C22H24ClFN2O4S/c1-14(2)12-26(22-11-17(23)5-10-21(22)24)31(27,28)19-8-6-18(7-9-19)29-13-20-15(3)25-30-16(20)4/h5-11,14H,12-13H2,1-4H3. The molecule has 0 saturated carbocycles. The zero-order chi connectivity index (χ0) is 22.8. The van der Waals surface area contributed by atoms with Gasteiger partial charge in [0.05, 0.1) is 21.8 Å². The maximum atomic E-state index is 14.5. The van der Waals surface area contributed by atoms with Crippen LogP contribution >= 0.6 is 11.6 Å². The van der Waals surface area contributed by atoms with Gasteiger partial charge in [0.15, 0.2) is 0 Å². The molecule has 31 heavy (non-hydrogen) atoms. The van der Waals surface area contributed by atoms with Crippen molar-refractivity contribution in [2.75, 3.05) is 10.8 Å². The molecule has 1 heterocycles. The number of aryl methyl sites for hydroxylation is 2. The molecule has 0 fully saturated rings. The SMILES string of the molecule is Cc1noc(C)c1COc1ccc(S(=O)(=O)N(CC(C)C)c2cc(Cl)ccc2F)cc1. The zero-order valence-corrected chi connectivity index (χ0v) is 19.3. The molecule has 0 aliphatic rings. The van der Waals surface area contributed by atoms with Gasteiger partial charge in [0.2, 0.25) is 0 Å². The lowest BCUT2D eigenvalue weighted by Gasteiger charge is -2.26. The van der Waals surface area contributed by atoms with E-state index in [4.69, 9.17) is 20.9 Å². The van der Waals surface area contributed by atoms with E-state index in [9.17, 15) is 12.8 Å². The second-order valence-electron chi connectivity index (χ2n) is 7.59. The van der Waals surface area contributed by atoms with Crippen molar-refractivity contribution in [3.8, 4) is 5.75 Å². The Bertz CT molecular complexity index is 1140. The molecule has 0 atom stereocenters. The van der Waals surface area contributed by atoms with E-state index in [-0.39, 0.29) is 34.7 Å². The van der Waals surface area contributed by atoms with E-state index in [0.29, 0.717) is 11.5 Å². The molecule has 0 radical (unpaired) electrons. The predicted molar refractivity (Wildman–Crippen MR) is 118 cm³/mol. The van der Waals surface area contributed by atoms with E-state index in [0.717, 1.165) is 21.6 Å². The van der Waals surface area contributed by atoms with Gasteiger partial charge in [-0.2, -0.15) is 0 Å². The third kappa shape index (κ3) is 5.19. The maximum Gasteiger partial charge on any atom is 0.264 e. The van der Waals surface area contributed by atoms with Crippen LogP contribution < -0.4 is 9.04 Å². The Kier molecular flexibility index (Phi) is 6.91. The minimum atomic E-state index is -4.02. The minimum Gasteiger partial charge on any atom is -0.489 e. The van der Waals surface area contributed by atoms with Gasteiger partial charge in [0, 0.05) is 11.6 Å². The first-order valence-corrected chi connectivity index (χ1v) is 11.5. The summed E-state index contributed by atoms with van der Waals surface area (Å²) < 4.78 is 53.0. The van der Waals surface area contributed by atoms with Crippen LogP contribution in [0, 0.1) is 25.6 Å². The lowest BCUT2D eigenvalue weighted by Crippen LogP contribution is -2.35. The summed E-state index contributed by atoms with van der Waals surface area (Å²) in [6, 6.07) is 9.86. The van der Waals surface area contributed by atoms with Gasteiger partial charge >= 0.3 is 0 Å². The van der Waals surface area contributed by atoms with E-state index in [2.05, 4.69) is 5.16 Å². The molecule has 0 aliphatic heterocycles. The molecule has 0 spiro atoms. The highest BCUT2D eigenvalue weighted by Crippen LogP contribution is 2.30. The lowest BCUT2D eigenvalue weighted by molar-refractivity contribution is 0.301. The molecule has 9 heteroatoms. The van der Waals surface area contributed by atoms with Crippen LogP contribution in [0.1, 0.15) is 30.9 Å². The van der Waals surface area contributed by atoms with Crippen molar-refractivity contribution in [3.63, 3.8) is 0 Å². The third-order valence-corrected chi connectivity index (χ3v) is 6.71. The zero-order valence-electron chi connectivity index (χ0n) is 17.7. The van der Waals surface area contributed by atoms with Gasteiger partial charge in [-0.15, -0.1) is 0 Å². The molecule has 1 aromatic heterocycles. The second-order valence-corrected chi connectivity index (χ2v) is 9.89. The van der Waals surface area contributed by atoms with Crippen LogP contribution in [-0.4, -0.2) is 20.1 Å². The Morgan fingerprint density at radius 1 is 1.16 bits per heavy atom. The lowest BCUT2D eigenvalue weighted by atomic mass is 10.2. The number of sulfonamides is 1. The van der Waals surface area contributed by atoms with E-state index >= 15 is 0 Å². The van der Waals surface area contributed by atoms with Crippen LogP contribution in [0.25, 0.3) is 0 Å². The molecule has 0 unspecified atom stereocenters. The summed E-state index contributed by atoms with van der Waals surface area (Å²) >= 11 is 6.00. The maximum absolute atomic E-state index is 14.5. The normalized spacial score (nSPS) is 11.7. The molecule has 3 rings (SSSR count). The number of hydrogen-bond acceptors (Lipinski definition) is 5. The first-order valence-electron chi connectivity index (χ1n) is 9.72. The molecule has 166 valence electrons. The van der Waals surface area contributed by atoms with Crippen LogP contribution in [0.15, 0.2) is 51.9 Å². The monoisotopic (exact) mass is 466 g/mol. The smallest absolute Gasteiger partial charge is 0.264 e. The van der Waals surface area contributed by atoms with Crippen molar-refractivity contribution in [1.82, 2.24) is 5.16 Å². The summed E-state index contributed by atoms with van der Waals surface area (Å²) in [4.78, 5) is 0.0252. The van der Waals surface area contributed by atoms with Crippen LogP contribution in [-0.2, 0) is 16.6 Å². The largest absolute Gasteiger partial charge is 0.489 e. The van der Waals surface area contributed by atoms with Gasteiger partial charge in [0.1, 0.15) is 23.9 Å². The van der Waals surface area contributed by atoms with E-state index in [1.165, 1.54) is 24.3 Å². The quantitative estimate of drug-likeness (QED) is 0.437. The molecule has 0 bridgehead atoms. The fourth-order valence-corrected chi connectivity index (χ4v) is 4.83. The Morgan fingerprint density at radius 3 is 2.42 bits per heavy atom. The average molecular weight is 467 g/mol. The third-order valence-electron chi connectivity index (χ3n) is 4.68. The van der Waals surface area contributed by atoms with Crippen molar-refractivity contribution in [2.24, 2.45) is 5.92 Å². The van der Waals surface area contributed by atoms with E-state index < -0.39 is 15.8 Å². The number of rotatable bonds is 8. The molecule has 0 N–H and O–H groups in total. The first-order chi connectivity index (χ1) is 14.6. The van der Waals surface area contributed by atoms with Gasteiger partial charge in [-0.05, 0) is 62.2 Å². The van der Waals surface area contributed by atoms with Crippen LogP contribution in [0.4, 0.5) is 10.1 Å². The second kappa shape index (κ2) is 9.28. The molecule has 2 aromatic carbocycles. The van der Waals surface area contributed by atoms with E-state index in [1.807, 2.05) is 20.8 Å². The van der Waals surface area contributed by atoms with Crippen molar-refractivity contribution >= 4 is 27.3 Å². The van der Waals surface area contributed by atoms with Gasteiger partial charge in [-0.25, -0.2) is 12.8 Å². The molecular formula is C22H24ClFN2O4S. The number of anilines is 1. The summed E-state index contributed by atoms with van der Waals surface area (Å²) in [5.41, 5.74) is 1.50. The number of nitrogens with zero attached hydrogens (tertiary/aromatic N) is 2. The summed E-state index contributed by atoms with van der Waals surface area (Å²) in [6.45, 7) is 7.69.